The Kier molecular flexibility index (Phi) is 4.60. The molecular formula is C17H29N5O2. The van der Waals surface area contributed by atoms with Crippen LogP contribution in [-0.4, -0.2) is 63.7 Å². The minimum absolute atomic E-state index is 0.0976. The third-order valence-electron chi connectivity index (χ3n) is 6.14. The number of nitrogens with zero attached hydrogens (tertiary/aromatic N) is 4. The van der Waals surface area contributed by atoms with Gasteiger partial charge in [0.05, 0.1) is 19.3 Å². The number of nitrogens with two attached hydrogens (primary N) is 1. The Morgan fingerprint density at radius 3 is 2.54 bits per heavy atom. The molecule has 3 atom stereocenters. The molecule has 2 heterocycles. The normalized spacial score (nSPS) is 36.0. The fraction of sp³-hybridized carbons (Fsp3) is 0.882. The number of aliphatic hydroxyl groups is 1. The quantitative estimate of drug-likeness (QED) is 0.779. The van der Waals surface area contributed by atoms with Gasteiger partial charge in [0.1, 0.15) is 11.6 Å². The van der Waals surface area contributed by atoms with E-state index in [9.17, 15) is 5.11 Å². The molecule has 7 heteroatoms. The average molecular weight is 335 g/mol. The van der Waals surface area contributed by atoms with Crippen molar-refractivity contribution in [2.24, 2.45) is 17.6 Å². The zero-order valence-electron chi connectivity index (χ0n) is 14.5. The van der Waals surface area contributed by atoms with Gasteiger partial charge in [0.15, 0.2) is 0 Å². The Labute approximate surface area is 143 Å². The van der Waals surface area contributed by atoms with Crippen molar-refractivity contribution in [3.05, 3.63) is 11.6 Å². The molecule has 1 aliphatic heterocycles. The van der Waals surface area contributed by atoms with Gasteiger partial charge in [-0.2, -0.15) is 0 Å². The highest BCUT2D eigenvalue weighted by atomic mass is 16.5. The molecule has 24 heavy (non-hydrogen) atoms. The number of aromatic nitrogens is 3. The molecule has 4 rings (SSSR count). The van der Waals surface area contributed by atoms with Crippen molar-refractivity contribution in [3.63, 3.8) is 0 Å². The maximum atomic E-state index is 10.2. The second-order valence-electron chi connectivity index (χ2n) is 7.83. The first kappa shape index (κ1) is 16.4. The number of rotatable bonds is 6. The third kappa shape index (κ3) is 2.98. The number of fused-ring (bicyclic) bond motifs is 2. The van der Waals surface area contributed by atoms with Crippen molar-refractivity contribution in [2.45, 2.75) is 56.8 Å². The molecule has 3 N–H and O–H groups in total. The van der Waals surface area contributed by atoms with Gasteiger partial charge in [0.25, 0.3) is 0 Å². The Balaban J connectivity index is 1.48. The second kappa shape index (κ2) is 6.71. The standard InChI is InChI=1S/C17H29N5O2/c1-24-5-4-22-15(19-20-17(22)13-6-14(18)7-13)10-21-8-11-2-3-12(9-21)16(11)23/h11-14,16,23H,2-10,18H2,1H3/t11-,12+,13?,14?,16?. The fourth-order valence-corrected chi connectivity index (χ4v) is 4.69. The lowest BCUT2D eigenvalue weighted by atomic mass is 9.80. The largest absolute Gasteiger partial charge is 0.392 e. The molecular weight excluding hydrogens is 306 g/mol. The van der Waals surface area contributed by atoms with Gasteiger partial charge >= 0.3 is 0 Å². The molecule has 1 aromatic heterocycles. The summed E-state index contributed by atoms with van der Waals surface area (Å²) in [6.07, 6.45) is 4.23. The van der Waals surface area contributed by atoms with Crippen molar-refractivity contribution < 1.29 is 9.84 Å². The molecule has 0 radical (unpaired) electrons. The number of piperidine rings is 1. The van der Waals surface area contributed by atoms with Gasteiger partial charge in [0, 0.05) is 38.7 Å². The highest BCUT2D eigenvalue weighted by Gasteiger charge is 2.41. The van der Waals surface area contributed by atoms with E-state index in [1.165, 1.54) is 0 Å². The predicted octanol–water partition coefficient (Wildman–Crippen LogP) is 0.332. The number of ether oxygens (including phenoxy) is 1. The molecule has 2 saturated carbocycles. The van der Waals surface area contributed by atoms with Crippen molar-refractivity contribution >= 4 is 0 Å². The summed E-state index contributed by atoms with van der Waals surface area (Å²) in [5.41, 5.74) is 5.95. The summed E-state index contributed by atoms with van der Waals surface area (Å²) in [6, 6.07) is 0.310. The van der Waals surface area contributed by atoms with Gasteiger partial charge in [-0.1, -0.05) is 0 Å². The number of hydrogen-bond acceptors (Lipinski definition) is 6. The zero-order chi connectivity index (χ0) is 16.7. The molecule has 1 unspecified atom stereocenters. The molecule has 3 fully saturated rings. The first-order valence-corrected chi connectivity index (χ1v) is 9.22. The summed E-state index contributed by atoms with van der Waals surface area (Å²) >= 11 is 0. The Bertz CT molecular complexity index is 557. The van der Waals surface area contributed by atoms with Crippen LogP contribution >= 0.6 is 0 Å². The molecule has 1 aromatic rings. The molecule has 2 bridgehead atoms. The second-order valence-corrected chi connectivity index (χ2v) is 7.83. The fourth-order valence-electron chi connectivity index (χ4n) is 4.69. The molecule has 3 aliphatic rings. The summed E-state index contributed by atoms with van der Waals surface area (Å²) in [6.45, 7) is 4.22. The Hall–Kier alpha value is -1.02. The number of methoxy groups -OCH3 is 1. The van der Waals surface area contributed by atoms with Crippen molar-refractivity contribution in [1.29, 1.82) is 0 Å². The van der Waals surface area contributed by atoms with E-state index in [1.54, 1.807) is 7.11 Å². The van der Waals surface area contributed by atoms with E-state index in [-0.39, 0.29) is 6.10 Å². The molecule has 134 valence electrons. The van der Waals surface area contributed by atoms with Crippen LogP contribution in [0.1, 0.15) is 43.3 Å². The van der Waals surface area contributed by atoms with Crippen LogP contribution in [0.2, 0.25) is 0 Å². The van der Waals surface area contributed by atoms with Gasteiger partial charge in [-0.05, 0) is 37.5 Å². The van der Waals surface area contributed by atoms with Gasteiger partial charge in [-0.25, -0.2) is 0 Å². The average Bonchev–Trinajstić information content (AvgIpc) is 2.99. The van der Waals surface area contributed by atoms with E-state index in [1.807, 2.05) is 0 Å². The first-order valence-electron chi connectivity index (χ1n) is 9.22. The molecule has 2 aliphatic carbocycles. The predicted molar refractivity (Wildman–Crippen MR) is 89.3 cm³/mol. The molecule has 7 nitrogen and oxygen atoms in total. The van der Waals surface area contributed by atoms with Crippen molar-refractivity contribution in [1.82, 2.24) is 19.7 Å². The van der Waals surface area contributed by atoms with Crippen LogP contribution in [0.5, 0.6) is 0 Å². The van der Waals surface area contributed by atoms with E-state index < -0.39 is 0 Å². The summed E-state index contributed by atoms with van der Waals surface area (Å²) in [4.78, 5) is 2.44. The van der Waals surface area contributed by atoms with Gasteiger partial charge in [-0.15, -0.1) is 10.2 Å². The summed E-state index contributed by atoms with van der Waals surface area (Å²) in [5.74, 6) is 3.41. The number of hydrogen-bond donors (Lipinski definition) is 2. The first-order chi connectivity index (χ1) is 11.7. The van der Waals surface area contributed by atoms with Gasteiger partial charge in [-0.3, -0.25) is 4.90 Å². The Morgan fingerprint density at radius 2 is 1.92 bits per heavy atom. The van der Waals surface area contributed by atoms with E-state index in [0.717, 1.165) is 63.5 Å². The van der Waals surface area contributed by atoms with Crippen LogP contribution in [0, 0.1) is 11.8 Å². The minimum atomic E-state index is -0.0976. The lowest BCUT2D eigenvalue weighted by molar-refractivity contribution is 0.0124. The Morgan fingerprint density at radius 1 is 1.21 bits per heavy atom. The van der Waals surface area contributed by atoms with Crippen molar-refractivity contribution in [3.8, 4) is 0 Å². The molecule has 0 spiro atoms. The molecule has 0 amide bonds. The van der Waals surface area contributed by atoms with E-state index in [4.69, 9.17) is 10.5 Å². The smallest absolute Gasteiger partial charge is 0.147 e. The van der Waals surface area contributed by atoms with Crippen molar-refractivity contribution in [2.75, 3.05) is 26.8 Å². The van der Waals surface area contributed by atoms with E-state index >= 15 is 0 Å². The number of aliphatic hydroxyl groups excluding tert-OH is 1. The van der Waals surface area contributed by atoms with Gasteiger partial charge < -0.3 is 20.1 Å². The lowest BCUT2D eigenvalue weighted by Gasteiger charge is -2.35. The topological polar surface area (TPSA) is 89.4 Å². The van der Waals surface area contributed by atoms with Crippen LogP contribution in [-0.2, 0) is 17.8 Å². The maximum Gasteiger partial charge on any atom is 0.147 e. The highest BCUT2D eigenvalue weighted by molar-refractivity contribution is 5.09. The number of likely N-dealkylation sites (tertiary alicyclic amines) is 1. The SMILES string of the molecule is COCCn1c(CN2C[C@H]3CC[C@@H](C2)C3O)nnc1C1CC(N)C1. The third-order valence-corrected chi connectivity index (χ3v) is 6.14. The molecule has 0 aromatic carbocycles. The lowest BCUT2D eigenvalue weighted by Crippen LogP contribution is -2.44. The van der Waals surface area contributed by atoms with Crippen LogP contribution in [0.25, 0.3) is 0 Å². The van der Waals surface area contributed by atoms with Crippen LogP contribution < -0.4 is 5.73 Å². The molecule has 1 saturated heterocycles. The van der Waals surface area contributed by atoms with Crippen LogP contribution in [0.3, 0.4) is 0 Å². The van der Waals surface area contributed by atoms with Crippen LogP contribution in [0.15, 0.2) is 0 Å². The van der Waals surface area contributed by atoms with Crippen LogP contribution in [0.4, 0.5) is 0 Å². The maximum absolute atomic E-state index is 10.2. The summed E-state index contributed by atoms with van der Waals surface area (Å²) in [5, 5.41) is 19.2. The highest BCUT2D eigenvalue weighted by Crippen LogP contribution is 2.38. The summed E-state index contributed by atoms with van der Waals surface area (Å²) in [7, 11) is 1.73. The van der Waals surface area contributed by atoms with E-state index in [2.05, 4.69) is 19.7 Å². The minimum Gasteiger partial charge on any atom is -0.392 e. The van der Waals surface area contributed by atoms with E-state index in [0.29, 0.717) is 30.4 Å². The zero-order valence-corrected chi connectivity index (χ0v) is 14.5. The monoisotopic (exact) mass is 335 g/mol. The van der Waals surface area contributed by atoms with Gasteiger partial charge in [0.2, 0.25) is 0 Å². The summed E-state index contributed by atoms with van der Waals surface area (Å²) < 4.78 is 7.52.